The number of nitrogens with zero attached hydrogens (tertiary/aromatic N) is 2. The van der Waals surface area contributed by atoms with E-state index in [1.54, 1.807) is 19.9 Å². The highest BCUT2D eigenvalue weighted by Crippen LogP contribution is 2.30. The first-order chi connectivity index (χ1) is 14.0. The minimum atomic E-state index is -4.47. The van der Waals surface area contributed by atoms with Gasteiger partial charge in [0.05, 0.1) is 34.5 Å². The van der Waals surface area contributed by atoms with Crippen molar-refractivity contribution in [2.24, 2.45) is 5.73 Å². The number of halogens is 3. The van der Waals surface area contributed by atoms with E-state index < -0.39 is 29.2 Å². The molecule has 0 aliphatic carbocycles. The molecule has 0 spiro atoms. The van der Waals surface area contributed by atoms with E-state index in [9.17, 15) is 23.1 Å². The highest BCUT2D eigenvalue weighted by molar-refractivity contribution is 7.11. The van der Waals surface area contributed by atoms with E-state index >= 15 is 0 Å². The number of pyridine rings is 1. The van der Waals surface area contributed by atoms with Gasteiger partial charge in [-0.05, 0) is 38.1 Å². The number of nitrogens with one attached hydrogen (secondary N) is 2. The number of hydrogen-bond acceptors (Lipinski definition) is 6. The Hall–Kier alpha value is -2.76. The molecule has 0 aromatic carbocycles. The average Bonchev–Trinajstić information content (AvgIpc) is 3.34. The smallest absolute Gasteiger partial charge is 0.391 e. The molecule has 0 saturated carbocycles. The molecule has 1 amide bonds. The van der Waals surface area contributed by atoms with Crippen LogP contribution in [0.2, 0.25) is 0 Å². The van der Waals surface area contributed by atoms with Crippen LogP contribution in [0, 0.1) is 0 Å². The number of carbonyl (C=O) groups excluding carboxylic acids is 1. The topological polar surface area (TPSA) is 117 Å². The maximum atomic E-state index is 12.7. The number of carbonyl (C=O) groups is 1. The fourth-order valence-electron chi connectivity index (χ4n) is 2.70. The lowest BCUT2D eigenvalue weighted by Crippen LogP contribution is -2.48. The number of aromatic nitrogens is 3. The molecule has 0 aliphatic heterocycles. The number of rotatable bonds is 6. The van der Waals surface area contributed by atoms with Crippen LogP contribution in [0.25, 0.3) is 11.4 Å². The molecule has 3 aromatic heterocycles. The van der Waals surface area contributed by atoms with Crippen molar-refractivity contribution in [3.63, 3.8) is 0 Å². The van der Waals surface area contributed by atoms with Crippen molar-refractivity contribution in [1.82, 2.24) is 20.3 Å². The largest absolute Gasteiger partial charge is 0.417 e. The van der Waals surface area contributed by atoms with Crippen molar-refractivity contribution in [1.29, 1.82) is 0 Å². The van der Waals surface area contributed by atoms with Crippen LogP contribution in [-0.2, 0) is 12.8 Å². The van der Waals surface area contributed by atoms with E-state index in [0.717, 1.165) is 12.3 Å². The molecular weight excluding hydrogens is 419 g/mol. The third kappa shape index (κ3) is 4.86. The monoisotopic (exact) mass is 439 g/mol. The van der Waals surface area contributed by atoms with Crippen molar-refractivity contribution < 1.29 is 23.1 Å². The predicted octanol–water partition coefficient (Wildman–Crippen LogP) is 3.25. The van der Waals surface area contributed by atoms with E-state index in [1.807, 2.05) is 0 Å². The van der Waals surface area contributed by atoms with Gasteiger partial charge in [-0.15, -0.1) is 11.3 Å². The van der Waals surface area contributed by atoms with Crippen LogP contribution in [0.5, 0.6) is 0 Å². The molecule has 3 aromatic rings. The van der Waals surface area contributed by atoms with Crippen molar-refractivity contribution >= 4 is 17.2 Å². The fourth-order valence-corrected chi connectivity index (χ4v) is 3.73. The standard InChI is InChI=1S/C19H20F3N5O2S/c1-18(2,23)15(17-25-8-11(9-28)30-17)27-16(29)14-6-5-13(26-14)12-4-3-10(7-24-12)19(20,21)22/h3-8,15,26,28H,9,23H2,1-2H3,(H,27,29). The van der Waals surface area contributed by atoms with Gasteiger partial charge in [-0.3, -0.25) is 9.78 Å². The second kappa shape index (κ2) is 8.17. The minimum absolute atomic E-state index is 0.163. The normalized spacial score (nSPS) is 13.3. The van der Waals surface area contributed by atoms with Crippen LogP contribution in [-0.4, -0.2) is 31.5 Å². The first kappa shape index (κ1) is 21.9. The molecule has 160 valence electrons. The average molecular weight is 439 g/mol. The molecule has 0 saturated heterocycles. The summed E-state index contributed by atoms with van der Waals surface area (Å²) < 4.78 is 38.1. The molecule has 7 nitrogen and oxygen atoms in total. The summed E-state index contributed by atoms with van der Waals surface area (Å²) in [5.74, 6) is -0.461. The van der Waals surface area contributed by atoms with Gasteiger partial charge in [-0.1, -0.05) is 0 Å². The van der Waals surface area contributed by atoms with Gasteiger partial charge in [0.1, 0.15) is 10.7 Å². The molecule has 0 radical (unpaired) electrons. The molecule has 30 heavy (non-hydrogen) atoms. The number of H-pyrrole nitrogens is 1. The molecule has 1 atom stereocenters. The van der Waals surface area contributed by atoms with Crippen molar-refractivity contribution in [2.75, 3.05) is 0 Å². The zero-order chi connectivity index (χ0) is 22.1. The lowest BCUT2D eigenvalue weighted by Gasteiger charge is -2.29. The summed E-state index contributed by atoms with van der Waals surface area (Å²) in [6, 6.07) is 4.60. The van der Waals surface area contributed by atoms with E-state index in [4.69, 9.17) is 5.73 Å². The molecule has 0 aliphatic rings. The van der Waals surface area contributed by atoms with Gasteiger partial charge in [0.25, 0.3) is 5.91 Å². The molecule has 5 N–H and O–H groups in total. The van der Waals surface area contributed by atoms with Gasteiger partial charge in [0, 0.05) is 17.9 Å². The van der Waals surface area contributed by atoms with E-state index in [0.29, 0.717) is 15.6 Å². The van der Waals surface area contributed by atoms with Crippen LogP contribution < -0.4 is 11.1 Å². The Morgan fingerprint density at radius 3 is 2.50 bits per heavy atom. The number of aliphatic hydroxyl groups is 1. The summed E-state index contributed by atoms with van der Waals surface area (Å²) in [5.41, 5.74) is 5.38. The van der Waals surface area contributed by atoms with Crippen LogP contribution in [0.4, 0.5) is 13.2 Å². The van der Waals surface area contributed by atoms with Gasteiger partial charge in [-0.2, -0.15) is 13.2 Å². The molecule has 0 fully saturated rings. The Bertz CT molecular complexity index is 1020. The summed E-state index contributed by atoms with van der Waals surface area (Å²) in [5, 5.41) is 12.6. The van der Waals surface area contributed by atoms with Gasteiger partial charge >= 0.3 is 6.18 Å². The van der Waals surface area contributed by atoms with Gasteiger partial charge < -0.3 is 21.1 Å². The van der Waals surface area contributed by atoms with Crippen LogP contribution in [0.1, 0.15) is 45.8 Å². The number of alkyl halides is 3. The highest BCUT2D eigenvalue weighted by Gasteiger charge is 2.32. The predicted molar refractivity (Wildman–Crippen MR) is 106 cm³/mol. The third-order valence-electron chi connectivity index (χ3n) is 4.29. The van der Waals surface area contributed by atoms with E-state index in [-0.39, 0.29) is 18.0 Å². The molecule has 1 unspecified atom stereocenters. The lowest BCUT2D eigenvalue weighted by atomic mass is 9.96. The second-order valence-electron chi connectivity index (χ2n) is 7.27. The van der Waals surface area contributed by atoms with Crippen molar-refractivity contribution in [3.8, 4) is 11.4 Å². The summed E-state index contributed by atoms with van der Waals surface area (Å²) in [6.45, 7) is 3.32. The van der Waals surface area contributed by atoms with E-state index in [2.05, 4.69) is 20.3 Å². The van der Waals surface area contributed by atoms with Crippen molar-refractivity contribution in [3.05, 3.63) is 57.8 Å². The molecular formula is C19H20F3N5O2S. The van der Waals surface area contributed by atoms with Crippen LogP contribution in [0.15, 0.2) is 36.7 Å². The Morgan fingerprint density at radius 2 is 1.97 bits per heavy atom. The fraction of sp³-hybridized carbons (Fsp3) is 0.316. The third-order valence-corrected chi connectivity index (χ3v) is 5.34. The summed E-state index contributed by atoms with van der Waals surface area (Å²) in [4.78, 5) is 24.3. The maximum Gasteiger partial charge on any atom is 0.417 e. The van der Waals surface area contributed by atoms with Crippen LogP contribution in [0.3, 0.4) is 0 Å². The zero-order valence-electron chi connectivity index (χ0n) is 16.1. The minimum Gasteiger partial charge on any atom is -0.391 e. The Morgan fingerprint density at radius 1 is 1.23 bits per heavy atom. The summed E-state index contributed by atoms with van der Waals surface area (Å²) in [7, 11) is 0. The quantitative estimate of drug-likeness (QED) is 0.470. The first-order valence-electron chi connectivity index (χ1n) is 8.87. The van der Waals surface area contributed by atoms with Gasteiger partial charge in [-0.25, -0.2) is 4.98 Å². The Kier molecular flexibility index (Phi) is 5.97. The van der Waals surface area contributed by atoms with Gasteiger partial charge in [0.15, 0.2) is 0 Å². The van der Waals surface area contributed by atoms with E-state index in [1.165, 1.54) is 29.7 Å². The summed E-state index contributed by atoms with van der Waals surface area (Å²) in [6.07, 6.45) is -2.21. The lowest BCUT2D eigenvalue weighted by molar-refractivity contribution is -0.137. The number of hydrogen-bond donors (Lipinski definition) is 4. The maximum absolute atomic E-state index is 12.7. The Balaban J connectivity index is 1.79. The van der Waals surface area contributed by atoms with Crippen molar-refractivity contribution in [2.45, 2.75) is 38.2 Å². The molecule has 3 heterocycles. The number of amides is 1. The number of thiazole rings is 1. The molecule has 3 rings (SSSR count). The SMILES string of the molecule is CC(C)(N)C(NC(=O)c1ccc(-c2ccc(C(F)(F)F)cn2)[nH]1)c1ncc(CO)s1. The molecule has 0 bridgehead atoms. The molecule has 11 heteroatoms. The first-order valence-corrected chi connectivity index (χ1v) is 9.68. The number of aliphatic hydroxyl groups excluding tert-OH is 1. The van der Waals surface area contributed by atoms with Crippen LogP contribution >= 0.6 is 11.3 Å². The second-order valence-corrected chi connectivity index (χ2v) is 8.41. The Labute approximate surface area is 174 Å². The van der Waals surface area contributed by atoms with Gasteiger partial charge in [0.2, 0.25) is 0 Å². The summed E-state index contributed by atoms with van der Waals surface area (Å²) >= 11 is 1.24. The number of aromatic amines is 1. The highest BCUT2D eigenvalue weighted by atomic mass is 32.1. The zero-order valence-corrected chi connectivity index (χ0v) is 16.9. The number of nitrogens with two attached hydrogens (primary N) is 1.